The molecule has 12 heavy (non-hydrogen) atoms. The first-order valence-corrected chi connectivity index (χ1v) is 4.51. The Hall–Kier alpha value is -0.860. The Bertz CT molecular complexity index is 193. The van der Waals surface area contributed by atoms with Gasteiger partial charge < -0.3 is 0 Å². The van der Waals surface area contributed by atoms with Crippen LogP contribution in [0.2, 0.25) is 0 Å². The van der Waals surface area contributed by atoms with E-state index < -0.39 is 0 Å². The number of ketones is 1. The van der Waals surface area contributed by atoms with Crippen molar-refractivity contribution < 1.29 is 4.79 Å². The maximum absolute atomic E-state index is 10.9. The van der Waals surface area contributed by atoms with E-state index in [9.17, 15) is 4.79 Å². The van der Waals surface area contributed by atoms with Crippen molar-refractivity contribution in [3.8, 4) is 0 Å². The van der Waals surface area contributed by atoms with E-state index in [-0.39, 0.29) is 5.78 Å². The molecule has 1 fully saturated rings. The predicted octanol–water partition coefficient (Wildman–Crippen LogP) is 1.44. The molecule has 1 rings (SSSR count). The van der Waals surface area contributed by atoms with Crippen molar-refractivity contribution in [2.45, 2.75) is 33.1 Å². The van der Waals surface area contributed by atoms with Gasteiger partial charge in [-0.3, -0.25) is 9.80 Å². The van der Waals surface area contributed by atoms with Gasteiger partial charge in [0.2, 0.25) is 0 Å². The predicted molar refractivity (Wildman–Crippen MR) is 49.2 cm³/mol. The molecule has 0 saturated carbocycles. The number of rotatable bonds is 2. The lowest BCUT2D eigenvalue weighted by atomic mass is 10.2. The molecule has 0 amide bonds. The lowest BCUT2D eigenvalue weighted by molar-refractivity contribution is -0.111. The van der Waals surface area contributed by atoms with E-state index in [0.717, 1.165) is 13.1 Å². The van der Waals surface area contributed by atoms with Crippen molar-refractivity contribution in [3.63, 3.8) is 0 Å². The number of nitrogens with zero attached hydrogens (tertiary/aromatic N) is 2. The number of hydrogen-bond donors (Lipinski definition) is 0. The molecule has 3 heteroatoms. The molecule has 0 atom stereocenters. The second-order valence-electron chi connectivity index (χ2n) is 3.26. The zero-order valence-corrected chi connectivity index (χ0v) is 7.84. The van der Waals surface area contributed by atoms with Crippen LogP contribution in [0.3, 0.4) is 0 Å². The quantitative estimate of drug-likeness (QED) is 0.584. The highest BCUT2D eigenvalue weighted by Crippen LogP contribution is 2.08. The Morgan fingerprint density at radius 2 is 1.75 bits per heavy atom. The standard InChI is InChI=1S/C9H16N2O/c1-8(9(2)12)10-11-6-4-3-5-7-11/h3-7H2,1-2H3/b10-8+. The molecule has 0 N–H and O–H groups in total. The summed E-state index contributed by atoms with van der Waals surface area (Å²) in [6.45, 7) is 5.34. The highest BCUT2D eigenvalue weighted by atomic mass is 16.1. The summed E-state index contributed by atoms with van der Waals surface area (Å²) in [5.41, 5.74) is 0.622. The van der Waals surface area contributed by atoms with E-state index in [0.29, 0.717) is 5.71 Å². The van der Waals surface area contributed by atoms with Crippen molar-refractivity contribution >= 4 is 11.5 Å². The minimum atomic E-state index is 0.0700. The van der Waals surface area contributed by atoms with Gasteiger partial charge in [0.05, 0.1) is 5.71 Å². The summed E-state index contributed by atoms with van der Waals surface area (Å²) < 4.78 is 0. The van der Waals surface area contributed by atoms with Crippen molar-refractivity contribution in [2.24, 2.45) is 5.10 Å². The first-order valence-electron chi connectivity index (χ1n) is 4.51. The summed E-state index contributed by atoms with van der Waals surface area (Å²) in [6.07, 6.45) is 3.70. The lowest BCUT2D eigenvalue weighted by Gasteiger charge is -2.23. The Labute approximate surface area is 73.4 Å². The summed E-state index contributed by atoms with van der Waals surface area (Å²) in [7, 11) is 0. The van der Waals surface area contributed by atoms with Crippen LogP contribution in [0.1, 0.15) is 33.1 Å². The number of carbonyl (C=O) groups excluding carboxylic acids is 1. The maximum atomic E-state index is 10.9. The third-order valence-corrected chi connectivity index (χ3v) is 2.13. The molecule has 0 aromatic carbocycles. The Balaban J connectivity index is 2.47. The monoisotopic (exact) mass is 168 g/mol. The molecule has 0 aromatic rings. The van der Waals surface area contributed by atoms with Crippen LogP contribution in [0.25, 0.3) is 0 Å². The number of piperidine rings is 1. The van der Waals surface area contributed by atoms with Crippen LogP contribution in [0.4, 0.5) is 0 Å². The van der Waals surface area contributed by atoms with Gasteiger partial charge in [0.25, 0.3) is 0 Å². The molecule has 0 bridgehead atoms. The fraction of sp³-hybridized carbons (Fsp3) is 0.778. The fourth-order valence-electron chi connectivity index (χ4n) is 1.26. The van der Waals surface area contributed by atoms with Gasteiger partial charge in [-0.15, -0.1) is 0 Å². The van der Waals surface area contributed by atoms with Crippen molar-refractivity contribution in [1.82, 2.24) is 5.01 Å². The largest absolute Gasteiger partial charge is 0.297 e. The molecule has 0 spiro atoms. The van der Waals surface area contributed by atoms with E-state index >= 15 is 0 Å². The van der Waals surface area contributed by atoms with E-state index in [1.807, 2.05) is 5.01 Å². The Morgan fingerprint density at radius 3 is 2.25 bits per heavy atom. The summed E-state index contributed by atoms with van der Waals surface area (Å²) in [5, 5.41) is 6.24. The number of hydrazone groups is 1. The summed E-state index contributed by atoms with van der Waals surface area (Å²) in [5.74, 6) is 0.0700. The fourth-order valence-corrected chi connectivity index (χ4v) is 1.26. The minimum absolute atomic E-state index is 0.0700. The number of hydrogen-bond acceptors (Lipinski definition) is 3. The first kappa shape index (κ1) is 9.23. The molecule has 68 valence electrons. The van der Waals surface area contributed by atoms with Crippen LogP contribution in [-0.2, 0) is 4.79 Å². The van der Waals surface area contributed by atoms with Crippen LogP contribution < -0.4 is 0 Å². The second kappa shape index (κ2) is 4.24. The SMILES string of the molecule is CC(=O)/C(C)=N/N1CCCCC1. The van der Waals surface area contributed by atoms with Gasteiger partial charge >= 0.3 is 0 Å². The molecule has 0 unspecified atom stereocenters. The molecule has 1 saturated heterocycles. The third kappa shape index (κ3) is 2.64. The lowest BCUT2D eigenvalue weighted by Crippen LogP contribution is -2.26. The molecule has 0 radical (unpaired) electrons. The van der Waals surface area contributed by atoms with Crippen LogP contribution in [0.5, 0.6) is 0 Å². The molecule has 1 aliphatic heterocycles. The minimum Gasteiger partial charge on any atom is -0.297 e. The smallest absolute Gasteiger partial charge is 0.175 e. The normalized spacial score (nSPS) is 19.5. The zero-order valence-electron chi connectivity index (χ0n) is 7.84. The van der Waals surface area contributed by atoms with Gasteiger partial charge in [-0.05, 0) is 26.2 Å². The summed E-state index contributed by atoms with van der Waals surface area (Å²) in [4.78, 5) is 10.9. The molecule has 3 nitrogen and oxygen atoms in total. The molecular formula is C9H16N2O. The third-order valence-electron chi connectivity index (χ3n) is 2.13. The van der Waals surface area contributed by atoms with E-state index in [1.165, 1.54) is 19.3 Å². The van der Waals surface area contributed by atoms with Crippen LogP contribution >= 0.6 is 0 Å². The molecule has 0 aromatic heterocycles. The average Bonchev–Trinajstić information content (AvgIpc) is 2.06. The highest BCUT2D eigenvalue weighted by Gasteiger charge is 2.08. The van der Waals surface area contributed by atoms with E-state index in [2.05, 4.69) is 5.10 Å². The van der Waals surface area contributed by atoms with Crippen LogP contribution in [-0.4, -0.2) is 29.6 Å². The van der Waals surface area contributed by atoms with Crippen LogP contribution in [0, 0.1) is 0 Å². The molecule has 1 aliphatic rings. The van der Waals surface area contributed by atoms with Gasteiger partial charge in [-0.25, -0.2) is 0 Å². The number of Topliss-reactive ketones (excluding diaryl/α,β-unsaturated/α-hetero) is 1. The van der Waals surface area contributed by atoms with Gasteiger partial charge in [0.1, 0.15) is 0 Å². The van der Waals surface area contributed by atoms with E-state index in [1.54, 1.807) is 13.8 Å². The van der Waals surface area contributed by atoms with Crippen molar-refractivity contribution in [2.75, 3.05) is 13.1 Å². The van der Waals surface area contributed by atoms with Gasteiger partial charge in [-0.1, -0.05) is 0 Å². The Morgan fingerprint density at radius 1 is 1.17 bits per heavy atom. The highest BCUT2D eigenvalue weighted by molar-refractivity contribution is 6.37. The summed E-state index contributed by atoms with van der Waals surface area (Å²) >= 11 is 0. The summed E-state index contributed by atoms with van der Waals surface area (Å²) in [6, 6.07) is 0. The first-order chi connectivity index (χ1) is 5.70. The van der Waals surface area contributed by atoms with Crippen molar-refractivity contribution in [1.29, 1.82) is 0 Å². The number of carbonyl (C=O) groups is 1. The molecule has 0 aliphatic carbocycles. The molecular weight excluding hydrogens is 152 g/mol. The maximum Gasteiger partial charge on any atom is 0.175 e. The average molecular weight is 168 g/mol. The van der Waals surface area contributed by atoms with Gasteiger partial charge in [0, 0.05) is 20.0 Å². The van der Waals surface area contributed by atoms with E-state index in [4.69, 9.17) is 0 Å². The second-order valence-corrected chi connectivity index (χ2v) is 3.26. The topological polar surface area (TPSA) is 32.7 Å². The van der Waals surface area contributed by atoms with Gasteiger partial charge in [0.15, 0.2) is 5.78 Å². The Kier molecular flexibility index (Phi) is 3.26. The molecule has 1 heterocycles. The van der Waals surface area contributed by atoms with Crippen LogP contribution in [0.15, 0.2) is 5.10 Å². The zero-order chi connectivity index (χ0) is 8.97. The van der Waals surface area contributed by atoms with Gasteiger partial charge in [-0.2, -0.15) is 5.10 Å². The van der Waals surface area contributed by atoms with Crippen molar-refractivity contribution in [3.05, 3.63) is 0 Å².